The van der Waals surface area contributed by atoms with Crippen molar-refractivity contribution >= 4 is 0 Å². The van der Waals surface area contributed by atoms with Gasteiger partial charge in [-0.2, -0.15) is 0 Å². The van der Waals surface area contributed by atoms with Gasteiger partial charge in [-0.25, -0.2) is 0 Å². The third-order valence-corrected chi connectivity index (χ3v) is 2.29. The predicted octanol–water partition coefficient (Wildman–Crippen LogP) is -3.61. The molecule has 6 N–H and O–H groups in total. The Bertz CT molecular complexity index is 165. The van der Waals surface area contributed by atoms with Gasteiger partial charge < -0.3 is 30.8 Å². The number of aliphatic hydroxyl groups excluding tert-OH is 5. The minimum Gasteiger partial charge on any atom is -0.395 e. The Morgan fingerprint density at radius 1 is 1.00 bits per heavy atom. The summed E-state index contributed by atoms with van der Waals surface area (Å²) in [5, 5.41) is 48.5. The summed E-state index contributed by atoms with van der Waals surface area (Å²) in [6.07, 6.45) is -5.25. The van der Waals surface area contributed by atoms with Gasteiger partial charge in [-0.15, -0.1) is 0 Å². The summed E-state index contributed by atoms with van der Waals surface area (Å²) < 4.78 is 0. The Morgan fingerprint density at radius 3 is 2.15 bits per heavy atom. The highest BCUT2D eigenvalue weighted by Gasteiger charge is 2.37. The molecule has 1 aliphatic heterocycles. The predicted molar refractivity (Wildman–Crippen MR) is 42.9 cm³/mol. The average Bonchev–Trinajstić information content (AvgIpc) is 2.22. The van der Waals surface area contributed by atoms with Gasteiger partial charge in [-0.1, -0.05) is 0 Å². The van der Waals surface area contributed by atoms with Crippen molar-refractivity contribution in [3.63, 3.8) is 0 Å². The van der Waals surface area contributed by atoms with Crippen molar-refractivity contribution in [3.05, 3.63) is 0 Å². The van der Waals surface area contributed by atoms with E-state index in [1.807, 2.05) is 0 Å². The van der Waals surface area contributed by atoms with Crippen molar-refractivity contribution in [1.82, 2.24) is 5.32 Å². The molecule has 0 unspecified atom stereocenters. The Labute approximate surface area is 75.4 Å². The van der Waals surface area contributed by atoms with Crippen LogP contribution in [0, 0.1) is 0 Å². The van der Waals surface area contributed by atoms with E-state index in [-0.39, 0.29) is 13.2 Å². The number of β-amino-alcohol motifs (C(OH)–C–C–N with tert-alkyl or cyclic N) is 1. The normalized spacial score (nSPS) is 47.3. The van der Waals surface area contributed by atoms with Crippen LogP contribution < -0.4 is 5.32 Å². The topological polar surface area (TPSA) is 113 Å². The second-order valence-electron chi connectivity index (χ2n) is 3.24. The SMILES string of the molecule is OC[C@@H]1NC[C@@H](O)[C@@H](O)[C@@H](O)[C@@H]1O. The van der Waals surface area contributed by atoms with E-state index in [0.717, 1.165) is 0 Å². The molecule has 1 fully saturated rings. The van der Waals surface area contributed by atoms with Gasteiger partial charge in [-0.05, 0) is 0 Å². The summed E-state index contributed by atoms with van der Waals surface area (Å²) in [6, 6.07) is -0.721. The van der Waals surface area contributed by atoms with E-state index >= 15 is 0 Å². The fraction of sp³-hybridized carbons (Fsp3) is 1.00. The summed E-state index contributed by atoms with van der Waals surface area (Å²) in [7, 11) is 0. The van der Waals surface area contributed by atoms with Crippen LogP contribution in [0.3, 0.4) is 0 Å². The van der Waals surface area contributed by atoms with Gasteiger partial charge in [0.2, 0.25) is 0 Å². The van der Waals surface area contributed by atoms with Crippen LogP contribution in [0.4, 0.5) is 0 Å². The molecule has 0 aliphatic carbocycles. The maximum Gasteiger partial charge on any atom is 0.110 e. The van der Waals surface area contributed by atoms with Crippen LogP contribution in [0.5, 0.6) is 0 Å². The summed E-state index contributed by atoms with van der Waals surface area (Å²) in [4.78, 5) is 0. The zero-order valence-corrected chi connectivity index (χ0v) is 7.04. The highest BCUT2D eigenvalue weighted by Crippen LogP contribution is 2.11. The number of hydrogen-bond acceptors (Lipinski definition) is 6. The van der Waals surface area contributed by atoms with E-state index in [0.29, 0.717) is 0 Å². The Kier molecular flexibility index (Phi) is 3.60. The molecule has 1 rings (SSSR count). The van der Waals surface area contributed by atoms with E-state index in [9.17, 15) is 20.4 Å². The molecule has 6 nitrogen and oxygen atoms in total. The van der Waals surface area contributed by atoms with E-state index in [1.54, 1.807) is 0 Å². The van der Waals surface area contributed by atoms with Crippen molar-refractivity contribution in [1.29, 1.82) is 0 Å². The molecule has 0 saturated carbocycles. The Morgan fingerprint density at radius 2 is 1.62 bits per heavy atom. The summed E-state index contributed by atoms with van der Waals surface area (Å²) >= 11 is 0. The lowest BCUT2D eigenvalue weighted by molar-refractivity contribution is -0.0980. The molecule has 0 radical (unpaired) electrons. The molecule has 1 heterocycles. The van der Waals surface area contributed by atoms with Crippen LogP contribution in [0.1, 0.15) is 0 Å². The smallest absolute Gasteiger partial charge is 0.110 e. The van der Waals surface area contributed by atoms with Crippen LogP contribution in [0.2, 0.25) is 0 Å². The minimum absolute atomic E-state index is 0.0283. The van der Waals surface area contributed by atoms with Gasteiger partial charge in [0.1, 0.15) is 18.3 Å². The van der Waals surface area contributed by atoms with Crippen molar-refractivity contribution < 1.29 is 25.5 Å². The lowest BCUT2D eigenvalue weighted by atomic mass is 10.0. The lowest BCUT2D eigenvalue weighted by Gasteiger charge is -2.24. The first kappa shape index (κ1) is 10.8. The van der Waals surface area contributed by atoms with Gasteiger partial charge >= 0.3 is 0 Å². The van der Waals surface area contributed by atoms with Crippen molar-refractivity contribution in [2.24, 2.45) is 0 Å². The maximum absolute atomic E-state index is 9.36. The summed E-state index contributed by atoms with van der Waals surface area (Å²) in [5.74, 6) is 0. The number of aliphatic hydroxyl groups is 5. The zero-order chi connectivity index (χ0) is 10.0. The molecule has 13 heavy (non-hydrogen) atoms. The van der Waals surface area contributed by atoms with Crippen LogP contribution >= 0.6 is 0 Å². The lowest BCUT2D eigenvalue weighted by Crippen LogP contribution is -2.48. The van der Waals surface area contributed by atoms with Crippen LogP contribution in [-0.4, -0.2) is 69.1 Å². The Hall–Kier alpha value is -0.240. The molecular formula is C7H15NO5. The van der Waals surface area contributed by atoms with Crippen molar-refractivity contribution in [2.75, 3.05) is 13.2 Å². The molecule has 0 aromatic heterocycles. The van der Waals surface area contributed by atoms with Gasteiger partial charge in [0, 0.05) is 6.54 Å². The van der Waals surface area contributed by atoms with Gasteiger partial charge in [0.25, 0.3) is 0 Å². The van der Waals surface area contributed by atoms with Crippen LogP contribution in [-0.2, 0) is 0 Å². The first-order valence-electron chi connectivity index (χ1n) is 4.14. The van der Waals surface area contributed by atoms with E-state index in [2.05, 4.69) is 5.32 Å². The van der Waals surface area contributed by atoms with Crippen molar-refractivity contribution in [3.8, 4) is 0 Å². The highest BCUT2D eigenvalue weighted by molar-refractivity contribution is 4.92. The summed E-state index contributed by atoms with van der Waals surface area (Å²) in [6.45, 7) is -0.335. The zero-order valence-electron chi connectivity index (χ0n) is 7.04. The number of nitrogens with one attached hydrogen (secondary N) is 1. The quantitative estimate of drug-likeness (QED) is 0.256. The van der Waals surface area contributed by atoms with Crippen LogP contribution in [0.25, 0.3) is 0 Å². The second kappa shape index (κ2) is 4.32. The molecule has 0 aromatic carbocycles. The standard InChI is InChI=1S/C7H15NO5/c9-2-3-5(11)7(13)6(12)4(10)1-8-3/h3-13H,1-2H2/t3-,4+,5+,6+,7-/m0/s1. The fourth-order valence-electron chi connectivity index (χ4n) is 1.35. The van der Waals surface area contributed by atoms with Gasteiger partial charge in [0.05, 0.1) is 18.8 Å². The first-order valence-corrected chi connectivity index (χ1v) is 4.14. The van der Waals surface area contributed by atoms with Crippen LogP contribution in [0.15, 0.2) is 0 Å². The molecule has 0 aromatic rings. The first-order chi connectivity index (χ1) is 6.07. The van der Waals surface area contributed by atoms with Crippen molar-refractivity contribution in [2.45, 2.75) is 30.5 Å². The Balaban J connectivity index is 2.69. The molecule has 1 aliphatic rings. The molecule has 6 heteroatoms. The maximum atomic E-state index is 9.36. The number of rotatable bonds is 1. The molecule has 78 valence electrons. The largest absolute Gasteiger partial charge is 0.395 e. The average molecular weight is 193 g/mol. The van der Waals surface area contributed by atoms with E-state index in [4.69, 9.17) is 5.11 Å². The highest BCUT2D eigenvalue weighted by atomic mass is 16.4. The molecule has 1 saturated heterocycles. The number of hydrogen-bond donors (Lipinski definition) is 6. The molecule has 0 bridgehead atoms. The van der Waals surface area contributed by atoms with Gasteiger partial charge in [0.15, 0.2) is 0 Å². The molecular weight excluding hydrogens is 178 g/mol. The fourth-order valence-corrected chi connectivity index (χ4v) is 1.35. The molecule has 0 spiro atoms. The summed E-state index contributed by atoms with van der Waals surface area (Å²) in [5.41, 5.74) is 0. The molecule has 0 amide bonds. The second-order valence-corrected chi connectivity index (χ2v) is 3.24. The van der Waals surface area contributed by atoms with E-state index < -0.39 is 30.5 Å². The minimum atomic E-state index is -1.44. The van der Waals surface area contributed by atoms with E-state index in [1.165, 1.54) is 0 Å². The third-order valence-electron chi connectivity index (χ3n) is 2.29. The van der Waals surface area contributed by atoms with Gasteiger partial charge in [-0.3, -0.25) is 0 Å². The monoisotopic (exact) mass is 193 g/mol. The molecule has 5 atom stereocenters. The third kappa shape index (κ3) is 2.16.